The Kier molecular flexibility index (Phi) is 4.38. The summed E-state index contributed by atoms with van der Waals surface area (Å²) in [6, 6.07) is 3.75. The fraction of sp³-hybridized carbons (Fsp3) is 0.308. The molecule has 1 aromatic carbocycles. The van der Waals surface area contributed by atoms with Gasteiger partial charge in [-0.1, -0.05) is 0 Å². The average Bonchev–Trinajstić information content (AvgIpc) is 2.89. The number of benzene rings is 1. The maximum absolute atomic E-state index is 13.6. The first-order valence-electron chi connectivity index (χ1n) is 6.11. The van der Waals surface area contributed by atoms with Gasteiger partial charge in [-0.3, -0.25) is 0 Å². The summed E-state index contributed by atoms with van der Waals surface area (Å²) in [7, 11) is 0. The van der Waals surface area contributed by atoms with Crippen molar-refractivity contribution in [2.24, 2.45) is 0 Å². The van der Waals surface area contributed by atoms with Crippen LogP contribution in [0.15, 0.2) is 18.5 Å². The van der Waals surface area contributed by atoms with Crippen molar-refractivity contribution < 1.29 is 8.78 Å². The third kappa shape index (κ3) is 2.97. The number of aromatic nitrogens is 3. The zero-order chi connectivity index (χ0) is 14.5. The van der Waals surface area contributed by atoms with Gasteiger partial charge in [0.1, 0.15) is 23.8 Å². The van der Waals surface area contributed by atoms with Crippen LogP contribution < -0.4 is 5.32 Å². The van der Waals surface area contributed by atoms with Crippen LogP contribution in [0.3, 0.4) is 0 Å². The second-order valence-electron chi connectivity index (χ2n) is 4.17. The van der Waals surface area contributed by atoms with Gasteiger partial charge < -0.3 is 9.88 Å². The molecule has 0 aliphatic rings. The second kappa shape index (κ2) is 6.21. The quantitative estimate of drug-likeness (QED) is 0.904. The molecule has 7 heteroatoms. The van der Waals surface area contributed by atoms with E-state index in [1.807, 2.05) is 11.5 Å². The minimum absolute atomic E-state index is 0.0138. The largest absolute Gasteiger partial charge is 0.317 e. The van der Waals surface area contributed by atoms with Crippen molar-refractivity contribution in [3.8, 4) is 6.07 Å². The monoisotopic (exact) mass is 277 g/mol. The van der Waals surface area contributed by atoms with E-state index in [9.17, 15) is 8.78 Å². The first-order chi connectivity index (χ1) is 9.65. The zero-order valence-electron chi connectivity index (χ0n) is 10.9. The third-order valence-corrected chi connectivity index (χ3v) is 2.89. The molecule has 20 heavy (non-hydrogen) atoms. The Balaban J connectivity index is 2.03. The Morgan fingerprint density at radius 3 is 2.60 bits per heavy atom. The molecule has 0 aliphatic heterocycles. The van der Waals surface area contributed by atoms with Crippen molar-refractivity contribution >= 4 is 0 Å². The summed E-state index contributed by atoms with van der Waals surface area (Å²) in [5.41, 5.74) is -0.124. The highest BCUT2D eigenvalue weighted by molar-refractivity contribution is 5.34. The first kappa shape index (κ1) is 14.1. The van der Waals surface area contributed by atoms with Crippen molar-refractivity contribution in [1.82, 2.24) is 20.1 Å². The lowest BCUT2D eigenvalue weighted by Gasteiger charge is -2.08. The summed E-state index contributed by atoms with van der Waals surface area (Å²) in [5, 5.41) is 19.2. The third-order valence-electron chi connectivity index (χ3n) is 2.89. The fourth-order valence-electron chi connectivity index (χ4n) is 1.82. The average molecular weight is 277 g/mol. The van der Waals surface area contributed by atoms with Gasteiger partial charge >= 0.3 is 0 Å². The molecule has 0 fully saturated rings. The molecule has 0 aliphatic carbocycles. The predicted octanol–water partition coefficient (Wildman–Crippen LogP) is 1.74. The Bertz CT molecular complexity index is 621. The van der Waals surface area contributed by atoms with E-state index in [2.05, 4.69) is 15.5 Å². The molecule has 1 N–H and O–H groups in total. The van der Waals surface area contributed by atoms with Crippen LogP contribution in [0, 0.1) is 23.0 Å². The summed E-state index contributed by atoms with van der Waals surface area (Å²) < 4.78 is 29.1. The molecule has 0 unspecified atom stereocenters. The zero-order valence-corrected chi connectivity index (χ0v) is 10.9. The van der Waals surface area contributed by atoms with Gasteiger partial charge in [0.05, 0.1) is 18.2 Å². The van der Waals surface area contributed by atoms with Crippen molar-refractivity contribution in [1.29, 1.82) is 5.26 Å². The predicted molar refractivity (Wildman–Crippen MR) is 67.3 cm³/mol. The summed E-state index contributed by atoms with van der Waals surface area (Å²) >= 11 is 0. The molecule has 0 spiro atoms. The first-order valence-corrected chi connectivity index (χ1v) is 6.11. The number of hydrogen-bond donors (Lipinski definition) is 1. The van der Waals surface area contributed by atoms with E-state index in [1.165, 1.54) is 0 Å². The van der Waals surface area contributed by atoms with Crippen LogP contribution in [0.1, 0.15) is 23.9 Å². The highest BCUT2D eigenvalue weighted by Gasteiger charge is 2.11. The van der Waals surface area contributed by atoms with Gasteiger partial charge in [-0.2, -0.15) is 5.26 Å². The molecule has 0 amide bonds. The molecule has 2 aromatic rings. The smallest absolute Gasteiger partial charge is 0.146 e. The molecule has 5 nitrogen and oxygen atoms in total. The molecular formula is C13H13F2N5. The van der Waals surface area contributed by atoms with Gasteiger partial charge in [0.15, 0.2) is 0 Å². The second-order valence-corrected chi connectivity index (χ2v) is 4.17. The van der Waals surface area contributed by atoms with E-state index in [0.29, 0.717) is 12.4 Å². The van der Waals surface area contributed by atoms with Gasteiger partial charge in [0.2, 0.25) is 0 Å². The van der Waals surface area contributed by atoms with E-state index in [4.69, 9.17) is 5.26 Å². The molecule has 104 valence electrons. The number of rotatable bonds is 5. The van der Waals surface area contributed by atoms with Crippen LogP contribution in [-0.4, -0.2) is 14.8 Å². The van der Waals surface area contributed by atoms with Crippen LogP contribution >= 0.6 is 0 Å². The van der Waals surface area contributed by atoms with E-state index < -0.39 is 11.6 Å². The van der Waals surface area contributed by atoms with Crippen LogP contribution in [0.5, 0.6) is 0 Å². The summed E-state index contributed by atoms with van der Waals surface area (Å²) in [6.45, 7) is 3.04. The van der Waals surface area contributed by atoms with Crippen LogP contribution in [0.25, 0.3) is 0 Å². The van der Waals surface area contributed by atoms with Crippen LogP contribution in [0.2, 0.25) is 0 Å². The van der Waals surface area contributed by atoms with E-state index in [0.717, 1.165) is 18.7 Å². The number of hydrogen-bond acceptors (Lipinski definition) is 4. The Hall–Kier alpha value is -2.33. The summed E-state index contributed by atoms with van der Waals surface area (Å²) in [6.07, 6.45) is 1.60. The summed E-state index contributed by atoms with van der Waals surface area (Å²) in [5.74, 6) is -0.765. The maximum atomic E-state index is 13.6. The number of aryl methyl sites for hydroxylation is 1. The molecule has 0 atom stereocenters. The Morgan fingerprint density at radius 2 is 2.00 bits per heavy atom. The van der Waals surface area contributed by atoms with Crippen molar-refractivity contribution in [2.75, 3.05) is 0 Å². The topological polar surface area (TPSA) is 66.5 Å². The van der Waals surface area contributed by atoms with E-state index in [-0.39, 0.29) is 17.7 Å². The normalized spacial score (nSPS) is 10.5. The lowest BCUT2D eigenvalue weighted by atomic mass is 10.1. The van der Waals surface area contributed by atoms with Gasteiger partial charge in [0, 0.05) is 18.7 Å². The molecular weight excluding hydrogens is 264 g/mol. The number of nitrogens with zero attached hydrogens (tertiary/aromatic N) is 4. The molecule has 1 heterocycles. The highest BCUT2D eigenvalue weighted by atomic mass is 19.1. The fourth-order valence-corrected chi connectivity index (χ4v) is 1.82. The Morgan fingerprint density at radius 1 is 1.30 bits per heavy atom. The van der Waals surface area contributed by atoms with Crippen molar-refractivity contribution in [2.45, 2.75) is 26.6 Å². The Labute approximate surface area is 114 Å². The van der Waals surface area contributed by atoms with Gasteiger partial charge in [-0.05, 0) is 19.1 Å². The number of halogens is 2. The highest BCUT2D eigenvalue weighted by Crippen LogP contribution is 2.15. The van der Waals surface area contributed by atoms with Gasteiger partial charge in [0.25, 0.3) is 0 Å². The lowest BCUT2D eigenvalue weighted by molar-refractivity contribution is 0.527. The SMILES string of the molecule is CCn1cnnc1CNCc1c(F)cc(C#N)cc1F. The van der Waals surface area contributed by atoms with Gasteiger partial charge in [-0.25, -0.2) is 8.78 Å². The molecule has 1 aromatic heterocycles. The molecule has 2 rings (SSSR count). The lowest BCUT2D eigenvalue weighted by Crippen LogP contribution is -2.18. The minimum Gasteiger partial charge on any atom is -0.317 e. The number of nitriles is 1. The van der Waals surface area contributed by atoms with E-state index in [1.54, 1.807) is 12.4 Å². The minimum atomic E-state index is -0.731. The standard InChI is InChI=1S/C13H13F2N5/c1-2-20-8-18-19-13(20)7-17-6-10-11(14)3-9(5-16)4-12(10)15/h3-4,8,17H,2,6-7H2,1H3. The summed E-state index contributed by atoms with van der Waals surface area (Å²) in [4.78, 5) is 0. The molecule has 0 radical (unpaired) electrons. The van der Waals surface area contributed by atoms with Crippen LogP contribution in [-0.2, 0) is 19.6 Å². The van der Waals surface area contributed by atoms with Crippen LogP contribution in [0.4, 0.5) is 8.78 Å². The number of nitrogens with one attached hydrogen (secondary N) is 1. The molecule has 0 bridgehead atoms. The van der Waals surface area contributed by atoms with Gasteiger partial charge in [-0.15, -0.1) is 10.2 Å². The maximum Gasteiger partial charge on any atom is 0.146 e. The molecule has 0 saturated carbocycles. The van der Waals surface area contributed by atoms with Crippen molar-refractivity contribution in [3.05, 3.63) is 47.0 Å². The molecule has 0 saturated heterocycles. The van der Waals surface area contributed by atoms with Crippen molar-refractivity contribution in [3.63, 3.8) is 0 Å². The van der Waals surface area contributed by atoms with E-state index >= 15 is 0 Å².